The third kappa shape index (κ3) is 3.05. The molecule has 2 nitrogen and oxygen atoms in total. The number of carbonyl (C=O) groups is 1. The fourth-order valence-electron chi connectivity index (χ4n) is 1.51. The Balaban J connectivity index is 2.20. The number of carbonyl (C=O) groups excluding carboxylic acids is 1. The molecule has 0 unspecified atom stereocenters. The standard InChI is InChI=1S/C13H9Cl2NO/c14-10-4-1-3-9(7-10)8-12(17)13-11(15)5-2-6-16-13/h1-7H,8H2. The molecule has 0 aliphatic rings. The summed E-state index contributed by atoms with van der Waals surface area (Å²) in [5, 5.41) is 0.988. The maximum atomic E-state index is 12.0. The summed E-state index contributed by atoms with van der Waals surface area (Å²) in [6.07, 6.45) is 1.80. The van der Waals surface area contributed by atoms with Crippen molar-refractivity contribution in [3.05, 3.63) is 63.9 Å². The maximum Gasteiger partial charge on any atom is 0.187 e. The summed E-state index contributed by atoms with van der Waals surface area (Å²) < 4.78 is 0. The first-order valence-electron chi connectivity index (χ1n) is 5.05. The highest BCUT2D eigenvalue weighted by molar-refractivity contribution is 6.33. The number of Topliss-reactive ketones (excluding diaryl/α,β-unsaturated/α-hetero) is 1. The van der Waals surface area contributed by atoms with Crippen molar-refractivity contribution in [3.8, 4) is 0 Å². The van der Waals surface area contributed by atoms with E-state index in [1.54, 1.807) is 30.5 Å². The lowest BCUT2D eigenvalue weighted by Gasteiger charge is -2.03. The van der Waals surface area contributed by atoms with Crippen molar-refractivity contribution < 1.29 is 4.79 Å². The van der Waals surface area contributed by atoms with Gasteiger partial charge in [-0.15, -0.1) is 0 Å². The lowest BCUT2D eigenvalue weighted by molar-refractivity contribution is 0.0988. The van der Waals surface area contributed by atoms with Crippen LogP contribution in [0.1, 0.15) is 16.1 Å². The molecule has 17 heavy (non-hydrogen) atoms. The molecule has 0 radical (unpaired) electrons. The zero-order valence-corrected chi connectivity index (χ0v) is 10.4. The average Bonchev–Trinajstić information content (AvgIpc) is 2.29. The van der Waals surface area contributed by atoms with Crippen LogP contribution in [0.4, 0.5) is 0 Å². The highest BCUT2D eigenvalue weighted by atomic mass is 35.5. The van der Waals surface area contributed by atoms with Crippen molar-refractivity contribution in [1.82, 2.24) is 4.98 Å². The predicted octanol–water partition coefficient (Wildman–Crippen LogP) is 3.81. The first-order chi connectivity index (χ1) is 8.16. The molecule has 2 rings (SSSR count). The van der Waals surface area contributed by atoms with Gasteiger partial charge in [0.15, 0.2) is 5.78 Å². The number of rotatable bonds is 3. The molecule has 0 aliphatic heterocycles. The van der Waals surface area contributed by atoms with Crippen LogP contribution in [0.3, 0.4) is 0 Å². The van der Waals surface area contributed by atoms with Crippen LogP contribution in [0.25, 0.3) is 0 Å². The summed E-state index contributed by atoms with van der Waals surface area (Å²) >= 11 is 11.8. The molecule has 4 heteroatoms. The first kappa shape index (κ1) is 12.1. The highest BCUT2D eigenvalue weighted by Gasteiger charge is 2.12. The summed E-state index contributed by atoms with van der Waals surface area (Å²) in [6, 6.07) is 10.5. The van der Waals surface area contributed by atoms with Gasteiger partial charge in [0.25, 0.3) is 0 Å². The number of pyridine rings is 1. The predicted molar refractivity (Wildman–Crippen MR) is 68.7 cm³/mol. The van der Waals surface area contributed by atoms with Gasteiger partial charge in [-0.2, -0.15) is 0 Å². The fourth-order valence-corrected chi connectivity index (χ4v) is 1.95. The lowest BCUT2D eigenvalue weighted by Crippen LogP contribution is -2.06. The van der Waals surface area contributed by atoms with Crippen LogP contribution >= 0.6 is 23.2 Å². The zero-order valence-electron chi connectivity index (χ0n) is 8.86. The van der Waals surface area contributed by atoms with Gasteiger partial charge in [-0.25, -0.2) is 0 Å². The minimum absolute atomic E-state index is 0.113. The molecule has 0 N–H and O–H groups in total. The van der Waals surface area contributed by atoms with Gasteiger partial charge in [0, 0.05) is 17.6 Å². The molecule has 0 aliphatic carbocycles. The van der Waals surface area contributed by atoms with Gasteiger partial charge in [-0.1, -0.05) is 35.3 Å². The minimum Gasteiger partial charge on any atom is -0.292 e. The quantitative estimate of drug-likeness (QED) is 0.790. The van der Waals surface area contributed by atoms with E-state index in [1.807, 2.05) is 12.1 Å². The summed E-state index contributed by atoms with van der Waals surface area (Å²) in [5.74, 6) is -0.113. The molecule has 1 aromatic heterocycles. The van der Waals surface area contributed by atoms with E-state index in [-0.39, 0.29) is 12.2 Å². The Bertz CT molecular complexity index is 555. The van der Waals surface area contributed by atoms with Gasteiger partial charge in [0.2, 0.25) is 0 Å². The van der Waals surface area contributed by atoms with Gasteiger partial charge in [-0.3, -0.25) is 9.78 Å². The van der Waals surface area contributed by atoms with Crippen molar-refractivity contribution >= 4 is 29.0 Å². The summed E-state index contributed by atoms with van der Waals surface area (Å²) in [7, 11) is 0. The second-order valence-electron chi connectivity index (χ2n) is 3.56. The molecule has 0 saturated carbocycles. The van der Waals surface area contributed by atoms with Crippen LogP contribution < -0.4 is 0 Å². The Labute approximate surface area is 109 Å². The summed E-state index contributed by atoms with van der Waals surface area (Å²) in [4.78, 5) is 15.9. The molecule has 86 valence electrons. The van der Waals surface area contributed by atoms with Crippen LogP contribution in [0.15, 0.2) is 42.6 Å². The van der Waals surface area contributed by atoms with E-state index in [4.69, 9.17) is 23.2 Å². The molecule has 0 saturated heterocycles. The van der Waals surface area contributed by atoms with Gasteiger partial charge in [0.05, 0.1) is 5.02 Å². The number of hydrogen-bond donors (Lipinski definition) is 0. The van der Waals surface area contributed by atoms with Crippen LogP contribution in [-0.2, 0) is 6.42 Å². The Morgan fingerprint density at radius 1 is 1.18 bits per heavy atom. The lowest BCUT2D eigenvalue weighted by atomic mass is 10.1. The number of hydrogen-bond acceptors (Lipinski definition) is 2. The van der Waals surface area contributed by atoms with E-state index in [0.717, 1.165) is 5.56 Å². The second-order valence-corrected chi connectivity index (χ2v) is 4.41. The van der Waals surface area contributed by atoms with Crippen molar-refractivity contribution in [2.45, 2.75) is 6.42 Å². The Morgan fingerprint density at radius 2 is 2.00 bits per heavy atom. The molecule has 0 atom stereocenters. The SMILES string of the molecule is O=C(Cc1cccc(Cl)c1)c1ncccc1Cl. The van der Waals surface area contributed by atoms with E-state index in [1.165, 1.54) is 0 Å². The van der Waals surface area contributed by atoms with Crippen LogP contribution in [0, 0.1) is 0 Å². The van der Waals surface area contributed by atoms with Gasteiger partial charge in [0.1, 0.15) is 5.69 Å². The monoisotopic (exact) mass is 265 g/mol. The van der Waals surface area contributed by atoms with E-state index in [0.29, 0.717) is 15.7 Å². The van der Waals surface area contributed by atoms with Crippen LogP contribution in [0.5, 0.6) is 0 Å². The Morgan fingerprint density at radius 3 is 2.71 bits per heavy atom. The highest BCUT2D eigenvalue weighted by Crippen LogP contribution is 2.16. The van der Waals surface area contributed by atoms with Crippen LogP contribution in [0.2, 0.25) is 10.0 Å². The minimum atomic E-state index is -0.113. The van der Waals surface area contributed by atoms with Gasteiger partial charge < -0.3 is 0 Å². The van der Waals surface area contributed by atoms with Crippen molar-refractivity contribution in [1.29, 1.82) is 0 Å². The number of halogens is 2. The second kappa shape index (κ2) is 5.30. The molecule has 2 aromatic rings. The topological polar surface area (TPSA) is 30.0 Å². The van der Waals surface area contributed by atoms with Gasteiger partial charge >= 0.3 is 0 Å². The first-order valence-corrected chi connectivity index (χ1v) is 5.80. The number of benzene rings is 1. The number of nitrogens with zero attached hydrogens (tertiary/aromatic N) is 1. The van der Waals surface area contributed by atoms with Crippen molar-refractivity contribution in [2.75, 3.05) is 0 Å². The van der Waals surface area contributed by atoms with E-state index in [9.17, 15) is 4.79 Å². The average molecular weight is 266 g/mol. The molecule has 0 fully saturated rings. The zero-order chi connectivity index (χ0) is 12.3. The molecular formula is C13H9Cl2NO. The Kier molecular flexibility index (Phi) is 3.77. The van der Waals surface area contributed by atoms with E-state index < -0.39 is 0 Å². The van der Waals surface area contributed by atoms with Crippen molar-refractivity contribution in [2.24, 2.45) is 0 Å². The number of aromatic nitrogens is 1. The smallest absolute Gasteiger partial charge is 0.187 e. The summed E-state index contributed by atoms with van der Waals surface area (Å²) in [5.41, 5.74) is 1.15. The largest absolute Gasteiger partial charge is 0.292 e. The molecule has 1 heterocycles. The Hall–Kier alpha value is -1.38. The fraction of sp³-hybridized carbons (Fsp3) is 0.0769. The van der Waals surface area contributed by atoms with E-state index >= 15 is 0 Å². The summed E-state index contributed by atoms with van der Waals surface area (Å²) in [6.45, 7) is 0. The maximum absolute atomic E-state index is 12.0. The molecule has 0 spiro atoms. The molecule has 0 bridgehead atoms. The third-order valence-electron chi connectivity index (χ3n) is 2.28. The number of ketones is 1. The van der Waals surface area contributed by atoms with Gasteiger partial charge in [-0.05, 0) is 29.8 Å². The molecular weight excluding hydrogens is 257 g/mol. The molecule has 1 aromatic carbocycles. The van der Waals surface area contributed by atoms with Crippen molar-refractivity contribution in [3.63, 3.8) is 0 Å². The van der Waals surface area contributed by atoms with E-state index in [2.05, 4.69) is 4.98 Å². The molecule has 0 amide bonds. The third-order valence-corrected chi connectivity index (χ3v) is 2.82. The normalized spacial score (nSPS) is 10.2. The van der Waals surface area contributed by atoms with Crippen LogP contribution in [-0.4, -0.2) is 10.8 Å².